The number of nitrogens with two attached hydrogens (primary N) is 1. The molecule has 2 heterocycles. The van der Waals surface area contributed by atoms with Gasteiger partial charge < -0.3 is 15.5 Å². The van der Waals surface area contributed by atoms with Crippen LogP contribution >= 0.6 is 0 Å². The number of H-pyrrole nitrogens is 1. The van der Waals surface area contributed by atoms with Gasteiger partial charge in [0, 0.05) is 0 Å². The summed E-state index contributed by atoms with van der Waals surface area (Å²) in [6.07, 6.45) is 1.44. The monoisotopic (exact) mass is 259 g/mol. The maximum Gasteiger partial charge on any atom is 0.250 e. The van der Waals surface area contributed by atoms with Gasteiger partial charge >= 0.3 is 0 Å². The van der Waals surface area contributed by atoms with Crippen LogP contribution in [0.1, 0.15) is 5.56 Å². The number of nitrogen functional groups attached to an aromatic ring is 1. The molecule has 3 N–H and O–H groups in total. The minimum absolute atomic E-state index is 0.0164. The van der Waals surface area contributed by atoms with E-state index in [4.69, 9.17) is 10.5 Å². The molecule has 96 valence electrons. The zero-order valence-electron chi connectivity index (χ0n) is 10.0. The number of fused-ring (bicyclic) bond motifs is 1. The van der Waals surface area contributed by atoms with Crippen molar-refractivity contribution in [2.75, 3.05) is 5.73 Å². The molecule has 0 atom stereocenters. The third kappa shape index (κ3) is 1.95. The molecule has 0 bridgehead atoms. The molecule has 19 heavy (non-hydrogen) atoms. The lowest BCUT2D eigenvalue weighted by molar-refractivity contribution is 0.429. The summed E-state index contributed by atoms with van der Waals surface area (Å²) in [6.45, 7) is 1.66. The minimum atomic E-state index is -0.438. The zero-order valence-corrected chi connectivity index (χ0v) is 10.0. The number of nitrogens with one attached hydrogen (secondary N) is 1. The van der Waals surface area contributed by atoms with Gasteiger partial charge in [0.2, 0.25) is 5.95 Å². The first-order chi connectivity index (χ1) is 9.15. The number of hydrogen-bond acceptors (Lipinski definition) is 5. The Morgan fingerprint density at radius 2 is 2.16 bits per heavy atom. The van der Waals surface area contributed by atoms with Gasteiger partial charge in [-0.1, -0.05) is 12.1 Å². The molecule has 0 saturated heterocycles. The molecule has 0 aliphatic carbocycles. The van der Waals surface area contributed by atoms with Crippen LogP contribution in [-0.4, -0.2) is 19.9 Å². The van der Waals surface area contributed by atoms with Crippen LogP contribution in [0.2, 0.25) is 0 Å². The van der Waals surface area contributed by atoms with E-state index in [2.05, 4.69) is 19.9 Å². The first-order valence-corrected chi connectivity index (χ1v) is 5.54. The molecule has 0 spiro atoms. The van der Waals surface area contributed by atoms with Crippen LogP contribution in [0, 0.1) is 12.7 Å². The van der Waals surface area contributed by atoms with Crippen molar-refractivity contribution in [1.82, 2.24) is 19.9 Å². The third-order valence-electron chi connectivity index (χ3n) is 2.63. The number of hydrogen-bond donors (Lipinski definition) is 2. The number of aromatic nitrogens is 4. The van der Waals surface area contributed by atoms with Crippen LogP contribution in [0.4, 0.5) is 10.3 Å². The van der Waals surface area contributed by atoms with Crippen molar-refractivity contribution in [2.24, 2.45) is 0 Å². The molecule has 1 aromatic carbocycles. The molecular weight excluding hydrogens is 249 g/mol. The van der Waals surface area contributed by atoms with Crippen LogP contribution in [0.15, 0.2) is 24.5 Å². The standard InChI is InChI=1S/C12H10FN5O/c1-6-3-2-4-7(8(6)13)19-11-9-10(16-5-15-9)17-12(14)18-11/h2-5H,1H3,(H3,14,15,16,17,18). The van der Waals surface area contributed by atoms with Crippen LogP contribution in [0.3, 0.4) is 0 Å². The van der Waals surface area contributed by atoms with Crippen molar-refractivity contribution >= 4 is 17.1 Å². The van der Waals surface area contributed by atoms with E-state index in [1.807, 2.05) is 0 Å². The molecule has 0 fully saturated rings. The van der Waals surface area contributed by atoms with Crippen molar-refractivity contribution in [2.45, 2.75) is 6.92 Å². The van der Waals surface area contributed by atoms with Crippen molar-refractivity contribution in [3.63, 3.8) is 0 Å². The number of nitrogens with zero attached hydrogens (tertiary/aromatic N) is 3. The third-order valence-corrected chi connectivity index (χ3v) is 2.63. The van der Waals surface area contributed by atoms with Gasteiger partial charge in [0.15, 0.2) is 17.2 Å². The quantitative estimate of drug-likeness (QED) is 0.736. The maximum absolute atomic E-state index is 13.9. The highest BCUT2D eigenvalue weighted by atomic mass is 19.1. The van der Waals surface area contributed by atoms with Crippen LogP contribution < -0.4 is 10.5 Å². The molecule has 3 aromatic rings. The van der Waals surface area contributed by atoms with Gasteiger partial charge in [-0.05, 0) is 18.6 Å². The van der Waals surface area contributed by atoms with Gasteiger partial charge in [-0.15, -0.1) is 0 Å². The molecule has 0 aliphatic heterocycles. The highest BCUT2D eigenvalue weighted by Gasteiger charge is 2.13. The average molecular weight is 259 g/mol. The molecule has 0 saturated carbocycles. The fourth-order valence-electron chi connectivity index (χ4n) is 1.70. The molecule has 3 rings (SSSR count). The Bertz CT molecular complexity index is 755. The second-order valence-corrected chi connectivity index (χ2v) is 3.98. The molecule has 6 nitrogen and oxygen atoms in total. The predicted molar refractivity (Wildman–Crippen MR) is 67.3 cm³/mol. The molecule has 0 unspecified atom stereocenters. The maximum atomic E-state index is 13.9. The Morgan fingerprint density at radius 1 is 1.32 bits per heavy atom. The van der Waals surface area contributed by atoms with E-state index in [0.29, 0.717) is 16.7 Å². The minimum Gasteiger partial charge on any atom is -0.434 e. The van der Waals surface area contributed by atoms with E-state index in [0.717, 1.165) is 0 Å². The molecule has 0 aliphatic rings. The van der Waals surface area contributed by atoms with Crippen LogP contribution in [-0.2, 0) is 0 Å². The first kappa shape index (κ1) is 11.4. The van der Waals surface area contributed by atoms with Gasteiger partial charge in [0.05, 0.1) is 6.33 Å². The second-order valence-electron chi connectivity index (χ2n) is 3.98. The Balaban J connectivity index is 2.10. The van der Waals surface area contributed by atoms with Gasteiger partial charge in [0.1, 0.15) is 5.52 Å². The average Bonchev–Trinajstić information content (AvgIpc) is 2.83. The number of aryl methyl sites for hydroxylation is 1. The Kier molecular flexibility index (Phi) is 2.52. The van der Waals surface area contributed by atoms with Crippen LogP contribution in [0.5, 0.6) is 11.6 Å². The second kappa shape index (κ2) is 4.20. The van der Waals surface area contributed by atoms with Gasteiger partial charge in [-0.3, -0.25) is 0 Å². The van der Waals surface area contributed by atoms with Crippen molar-refractivity contribution in [1.29, 1.82) is 0 Å². The molecule has 7 heteroatoms. The normalized spacial score (nSPS) is 10.8. The number of halogens is 1. The van der Waals surface area contributed by atoms with E-state index in [1.165, 1.54) is 12.4 Å². The number of aromatic amines is 1. The number of anilines is 1. The van der Waals surface area contributed by atoms with Crippen molar-refractivity contribution in [3.05, 3.63) is 35.9 Å². The summed E-state index contributed by atoms with van der Waals surface area (Å²) < 4.78 is 19.4. The summed E-state index contributed by atoms with van der Waals surface area (Å²) >= 11 is 0. The van der Waals surface area contributed by atoms with Gasteiger partial charge in [0.25, 0.3) is 5.88 Å². The Morgan fingerprint density at radius 3 is 3.00 bits per heavy atom. The smallest absolute Gasteiger partial charge is 0.250 e. The van der Waals surface area contributed by atoms with E-state index in [-0.39, 0.29) is 17.6 Å². The number of imidazole rings is 1. The highest BCUT2D eigenvalue weighted by molar-refractivity contribution is 5.77. The van der Waals surface area contributed by atoms with Gasteiger partial charge in [-0.25, -0.2) is 9.37 Å². The van der Waals surface area contributed by atoms with Crippen molar-refractivity contribution < 1.29 is 9.13 Å². The summed E-state index contributed by atoms with van der Waals surface area (Å²) in [5, 5.41) is 0. The van der Waals surface area contributed by atoms with Crippen LogP contribution in [0.25, 0.3) is 11.2 Å². The Hall–Kier alpha value is -2.70. The highest BCUT2D eigenvalue weighted by Crippen LogP contribution is 2.28. The molecule has 0 amide bonds. The lowest BCUT2D eigenvalue weighted by Crippen LogP contribution is -1.99. The number of benzene rings is 1. The molecule has 0 radical (unpaired) electrons. The fraction of sp³-hybridized carbons (Fsp3) is 0.0833. The van der Waals surface area contributed by atoms with Gasteiger partial charge in [-0.2, -0.15) is 9.97 Å². The lowest BCUT2D eigenvalue weighted by Gasteiger charge is -2.08. The molecular formula is C12H10FN5O. The largest absolute Gasteiger partial charge is 0.434 e. The Labute approximate surface area is 107 Å². The summed E-state index contributed by atoms with van der Waals surface area (Å²) in [4.78, 5) is 14.7. The summed E-state index contributed by atoms with van der Waals surface area (Å²) in [5.74, 6) is -0.200. The summed E-state index contributed by atoms with van der Waals surface area (Å²) in [6, 6.07) is 4.87. The number of ether oxygens (including phenoxy) is 1. The van der Waals surface area contributed by atoms with E-state index >= 15 is 0 Å². The predicted octanol–water partition coefficient (Wildman–Crippen LogP) is 2.17. The lowest BCUT2D eigenvalue weighted by atomic mass is 10.2. The number of rotatable bonds is 2. The topological polar surface area (TPSA) is 89.7 Å². The SMILES string of the molecule is Cc1cccc(Oc2nc(N)nc3nc[nH]c23)c1F. The summed E-state index contributed by atoms with van der Waals surface area (Å²) in [5.41, 5.74) is 6.88. The molecule has 2 aromatic heterocycles. The zero-order chi connectivity index (χ0) is 13.4. The van der Waals surface area contributed by atoms with Crippen molar-refractivity contribution in [3.8, 4) is 11.6 Å². The first-order valence-electron chi connectivity index (χ1n) is 5.54. The van der Waals surface area contributed by atoms with E-state index in [1.54, 1.807) is 19.1 Å². The van der Waals surface area contributed by atoms with E-state index in [9.17, 15) is 4.39 Å². The summed E-state index contributed by atoms with van der Waals surface area (Å²) in [7, 11) is 0. The fourth-order valence-corrected chi connectivity index (χ4v) is 1.70. The van der Waals surface area contributed by atoms with E-state index < -0.39 is 5.82 Å².